The number of carbonyl (C=O) groups excluding carboxylic acids is 1. The fourth-order valence-electron chi connectivity index (χ4n) is 4.51. The van der Waals surface area contributed by atoms with Crippen LogP contribution >= 0.6 is 0 Å². The number of benzene rings is 1. The van der Waals surface area contributed by atoms with Crippen LogP contribution in [0.25, 0.3) is 33.1 Å². The molecule has 0 aliphatic carbocycles. The van der Waals surface area contributed by atoms with Crippen LogP contribution in [0.4, 0.5) is 0 Å². The molecule has 1 aliphatic heterocycles. The summed E-state index contributed by atoms with van der Waals surface area (Å²) in [7, 11) is 1.98. The van der Waals surface area contributed by atoms with Gasteiger partial charge in [-0.1, -0.05) is 24.6 Å². The van der Waals surface area contributed by atoms with E-state index in [2.05, 4.69) is 20.1 Å². The molecule has 3 N–H and O–H groups in total. The third-order valence-electron chi connectivity index (χ3n) is 6.08. The number of nitrogens with zero attached hydrogens (tertiary/aromatic N) is 4. The lowest BCUT2D eigenvalue weighted by atomic mass is 10.0. The molecule has 0 spiro atoms. The number of H-pyrrole nitrogens is 1. The van der Waals surface area contributed by atoms with Crippen molar-refractivity contribution in [1.82, 2.24) is 24.6 Å². The Morgan fingerprint density at radius 2 is 2.03 bits per heavy atom. The maximum absolute atomic E-state index is 12.3. The Balaban J connectivity index is 1.61. The molecule has 1 amide bonds. The van der Waals surface area contributed by atoms with Crippen molar-refractivity contribution in [2.45, 2.75) is 19.3 Å². The monoisotopic (exact) mass is 418 g/mol. The molecule has 0 saturated carbocycles. The van der Waals surface area contributed by atoms with Gasteiger partial charge < -0.3 is 15.0 Å². The van der Waals surface area contributed by atoms with E-state index in [0.717, 1.165) is 41.5 Å². The van der Waals surface area contributed by atoms with E-state index in [1.165, 1.54) is 19.3 Å². The predicted octanol–water partition coefficient (Wildman–Crippen LogP) is 3.08. The summed E-state index contributed by atoms with van der Waals surface area (Å²) in [6.07, 6.45) is 5.50. The number of aromatic amines is 1. The number of hydrogen-bond donors (Lipinski definition) is 2. The maximum atomic E-state index is 12.3. The summed E-state index contributed by atoms with van der Waals surface area (Å²) in [5.41, 5.74) is 8.97. The zero-order valence-corrected chi connectivity index (χ0v) is 17.6. The molecule has 0 atom stereocenters. The van der Waals surface area contributed by atoms with Gasteiger partial charge in [-0.25, -0.2) is 4.98 Å². The Hall–Kier alpha value is -3.39. The van der Waals surface area contributed by atoms with Crippen LogP contribution in [0.2, 0.25) is 0 Å². The number of pyridine rings is 1. The summed E-state index contributed by atoms with van der Waals surface area (Å²) in [6, 6.07) is 9.97. The third-order valence-corrected chi connectivity index (χ3v) is 6.08. The molecule has 1 fully saturated rings. The molecule has 5 rings (SSSR count). The Kier molecular flexibility index (Phi) is 5.07. The van der Waals surface area contributed by atoms with E-state index in [0.29, 0.717) is 23.7 Å². The highest BCUT2D eigenvalue weighted by Gasteiger charge is 2.24. The fraction of sp³-hybridized carbons (Fsp3) is 0.348. The first-order valence-corrected chi connectivity index (χ1v) is 10.7. The quantitative estimate of drug-likeness (QED) is 0.501. The van der Waals surface area contributed by atoms with Crippen LogP contribution in [0.3, 0.4) is 0 Å². The molecule has 0 radical (unpaired) electrons. The zero-order chi connectivity index (χ0) is 21.4. The average Bonchev–Trinajstić information content (AvgIpc) is 3.36. The van der Waals surface area contributed by atoms with Gasteiger partial charge >= 0.3 is 0 Å². The van der Waals surface area contributed by atoms with E-state index in [1.54, 1.807) is 6.20 Å². The van der Waals surface area contributed by atoms with Crippen molar-refractivity contribution in [3.8, 4) is 17.0 Å². The van der Waals surface area contributed by atoms with Crippen LogP contribution in [-0.4, -0.2) is 56.8 Å². The van der Waals surface area contributed by atoms with Crippen molar-refractivity contribution in [2.24, 2.45) is 12.8 Å². The maximum Gasteiger partial charge on any atom is 0.268 e. The molecule has 8 heteroatoms. The molecule has 3 aromatic heterocycles. The van der Waals surface area contributed by atoms with E-state index in [-0.39, 0.29) is 5.69 Å². The van der Waals surface area contributed by atoms with Crippen molar-refractivity contribution < 1.29 is 9.53 Å². The zero-order valence-electron chi connectivity index (χ0n) is 17.6. The minimum atomic E-state index is -0.585. The first kappa shape index (κ1) is 19.6. The first-order valence-electron chi connectivity index (χ1n) is 10.7. The molecule has 4 heterocycles. The van der Waals surface area contributed by atoms with Crippen LogP contribution in [0.1, 0.15) is 29.8 Å². The van der Waals surface area contributed by atoms with Crippen molar-refractivity contribution in [2.75, 3.05) is 26.2 Å². The minimum Gasteiger partial charge on any atom is -0.477 e. The van der Waals surface area contributed by atoms with Gasteiger partial charge in [0.2, 0.25) is 5.88 Å². The van der Waals surface area contributed by atoms with Gasteiger partial charge in [0.25, 0.3) is 5.91 Å². The SMILES string of the molecule is Cn1c(OCCN2CCCCC2)c(-c2cc3cn[nH]c3nc2C(N)=O)c2ccccc21. The van der Waals surface area contributed by atoms with Crippen LogP contribution in [0.15, 0.2) is 36.5 Å². The highest BCUT2D eigenvalue weighted by molar-refractivity contribution is 6.08. The van der Waals surface area contributed by atoms with Gasteiger partial charge in [-0.05, 0) is 38.1 Å². The third kappa shape index (κ3) is 3.53. The summed E-state index contributed by atoms with van der Waals surface area (Å²) in [4.78, 5) is 19.2. The van der Waals surface area contributed by atoms with Crippen LogP contribution in [-0.2, 0) is 7.05 Å². The smallest absolute Gasteiger partial charge is 0.268 e. The van der Waals surface area contributed by atoms with Crippen molar-refractivity contribution in [1.29, 1.82) is 0 Å². The van der Waals surface area contributed by atoms with Crippen LogP contribution in [0.5, 0.6) is 5.88 Å². The number of amides is 1. The van der Waals surface area contributed by atoms with Gasteiger partial charge in [0, 0.05) is 29.9 Å². The van der Waals surface area contributed by atoms with Gasteiger partial charge in [-0.2, -0.15) is 5.10 Å². The molecule has 0 unspecified atom stereocenters. The second kappa shape index (κ2) is 8.03. The Morgan fingerprint density at radius 1 is 1.23 bits per heavy atom. The number of primary amides is 1. The number of aromatic nitrogens is 4. The molecule has 1 aliphatic rings. The fourth-order valence-corrected chi connectivity index (χ4v) is 4.51. The van der Waals surface area contributed by atoms with E-state index < -0.39 is 5.91 Å². The molecule has 1 aromatic carbocycles. The highest BCUT2D eigenvalue weighted by atomic mass is 16.5. The topological polar surface area (TPSA) is 102 Å². The normalized spacial score (nSPS) is 15.0. The summed E-state index contributed by atoms with van der Waals surface area (Å²) in [6.45, 7) is 3.70. The Bertz CT molecular complexity index is 1250. The number of aryl methyl sites for hydroxylation is 1. The standard InChI is InChI=1S/C23H26N6O2/c1-28-18-8-4-3-7-16(18)19(23(28)31-12-11-29-9-5-2-6-10-29)17-13-15-14-25-27-22(15)26-20(17)21(24)30/h3-4,7-8,13-14H,2,5-6,9-12H2,1H3,(H2,24,30)(H,25,26,27). The molecule has 8 nitrogen and oxygen atoms in total. The number of ether oxygens (including phenoxy) is 1. The van der Waals surface area contributed by atoms with E-state index in [4.69, 9.17) is 10.5 Å². The van der Waals surface area contributed by atoms with Crippen LogP contribution < -0.4 is 10.5 Å². The lowest BCUT2D eigenvalue weighted by Crippen LogP contribution is -2.33. The lowest BCUT2D eigenvalue weighted by molar-refractivity contribution is 0.0996. The largest absolute Gasteiger partial charge is 0.477 e. The molecule has 1 saturated heterocycles. The Morgan fingerprint density at radius 3 is 2.84 bits per heavy atom. The minimum absolute atomic E-state index is 0.203. The van der Waals surface area contributed by atoms with E-state index in [9.17, 15) is 4.79 Å². The number of piperidine rings is 1. The van der Waals surface area contributed by atoms with Gasteiger partial charge in [0.1, 0.15) is 12.3 Å². The summed E-state index contributed by atoms with van der Waals surface area (Å²) < 4.78 is 8.39. The molecular weight excluding hydrogens is 392 g/mol. The first-order chi connectivity index (χ1) is 15.1. The number of likely N-dealkylation sites (tertiary alicyclic amines) is 1. The molecule has 4 aromatic rings. The molecule has 31 heavy (non-hydrogen) atoms. The molecule has 160 valence electrons. The van der Waals surface area contributed by atoms with Gasteiger partial charge in [0.15, 0.2) is 5.65 Å². The Labute approximate surface area is 180 Å². The van der Waals surface area contributed by atoms with Gasteiger partial charge in [-0.15, -0.1) is 0 Å². The van der Waals surface area contributed by atoms with Crippen LogP contribution in [0, 0.1) is 0 Å². The second-order valence-corrected chi connectivity index (χ2v) is 8.06. The lowest BCUT2D eigenvalue weighted by Gasteiger charge is -2.26. The number of fused-ring (bicyclic) bond motifs is 2. The van der Waals surface area contributed by atoms with Gasteiger partial charge in [0.05, 0.1) is 17.3 Å². The van der Waals surface area contributed by atoms with Crippen molar-refractivity contribution in [3.63, 3.8) is 0 Å². The average molecular weight is 419 g/mol. The summed E-state index contributed by atoms with van der Waals surface area (Å²) in [5.74, 6) is 0.129. The molecular formula is C23H26N6O2. The number of para-hydroxylation sites is 1. The number of rotatable bonds is 6. The predicted molar refractivity (Wildman–Crippen MR) is 120 cm³/mol. The number of nitrogens with one attached hydrogen (secondary N) is 1. The van der Waals surface area contributed by atoms with E-state index >= 15 is 0 Å². The molecule has 0 bridgehead atoms. The number of carbonyl (C=O) groups is 1. The van der Waals surface area contributed by atoms with Crippen molar-refractivity contribution >= 4 is 27.8 Å². The number of nitrogens with two attached hydrogens (primary N) is 1. The number of hydrogen-bond acceptors (Lipinski definition) is 5. The van der Waals surface area contributed by atoms with Gasteiger partial charge in [-0.3, -0.25) is 14.8 Å². The second-order valence-electron chi connectivity index (χ2n) is 8.06. The van der Waals surface area contributed by atoms with Crippen molar-refractivity contribution in [3.05, 3.63) is 42.2 Å². The van der Waals surface area contributed by atoms with E-state index in [1.807, 2.05) is 41.9 Å². The summed E-state index contributed by atoms with van der Waals surface area (Å²) >= 11 is 0. The summed E-state index contributed by atoms with van der Waals surface area (Å²) in [5, 5.41) is 8.66. The highest BCUT2D eigenvalue weighted by Crippen LogP contribution is 2.41.